The minimum atomic E-state index is 0.0372. The van der Waals surface area contributed by atoms with Gasteiger partial charge >= 0.3 is 0 Å². The highest BCUT2D eigenvalue weighted by atomic mass is 16.5. The standard InChI is InChI=1S/C26H36N4O2/c1-2-9-32-24-14-22(26-15-18-10-19(16-26)12-20(11-18)17-26)27-23-13-21(28-30(23)24)25(31)29-7-5-3-4-6-8-29/h13-14,18-20H,2-12,15-17H2,1H3. The molecule has 4 aliphatic carbocycles. The molecule has 0 radical (unpaired) electrons. The van der Waals surface area contributed by atoms with Crippen molar-refractivity contribution in [3.05, 3.63) is 23.5 Å². The second-order valence-electron chi connectivity index (χ2n) is 11.0. The third-order valence-corrected chi connectivity index (χ3v) is 8.54. The molecule has 7 rings (SSSR count). The number of ether oxygens (including phenoxy) is 1. The van der Waals surface area contributed by atoms with E-state index in [4.69, 9.17) is 14.8 Å². The first-order valence-corrected chi connectivity index (χ1v) is 13.0. The average Bonchev–Trinajstić information content (AvgIpc) is 3.02. The van der Waals surface area contributed by atoms with Gasteiger partial charge in [0.15, 0.2) is 11.3 Å². The Hall–Kier alpha value is -2.11. The van der Waals surface area contributed by atoms with Crippen LogP contribution in [-0.2, 0) is 5.41 Å². The fraction of sp³-hybridized carbons (Fsp3) is 0.731. The van der Waals surface area contributed by atoms with Crippen LogP contribution in [0.3, 0.4) is 0 Å². The molecule has 172 valence electrons. The summed E-state index contributed by atoms with van der Waals surface area (Å²) in [6, 6.07) is 4.05. The van der Waals surface area contributed by atoms with Gasteiger partial charge in [0, 0.05) is 30.6 Å². The number of likely N-dealkylation sites (tertiary alicyclic amines) is 1. The van der Waals surface area contributed by atoms with Gasteiger partial charge in [0.25, 0.3) is 5.91 Å². The molecule has 4 bridgehead atoms. The van der Waals surface area contributed by atoms with Crippen LogP contribution in [-0.4, -0.2) is 45.1 Å². The molecule has 32 heavy (non-hydrogen) atoms. The minimum absolute atomic E-state index is 0.0372. The van der Waals surface area contributed by atoms with E-state index >= 15 is 0 Å². The van der Waals surface area contributed by atoms with Crippen molar-refractivity contribution in [2.45, 2.75) is 83.0 Å². The monoisotopic (exact) mass is 436 g/mol. The van der Waals surface area contributed by atoms with Crippen molar-refractivity contribution >= 4 is 11.6 Å². The Morgan fingerprint density at radius 1 is 1.03 bits per heavy atom. The number of carbonyl (C=O) groups is 1. The Morgan fingerprint density at radius 3 is 2.31 bits per heavy atom. The molecule has 6 heteroatoms. The maximum atomic E-state index is 13.2. The summed E-state index contributed by atoms with van der Waals surface area (Å²) in [4.78, 5) is 20.4. The van der Waals surface area contributed by atoms with Crippen molar-refractivity contribution in [3.8, 4) is 5.88 Å². The van der Waals surface area contributed by atoms with Gasteiger partial charge in [-0.2, -0.15) is 9.61 Å². The number of rotatable bonds is 5. The third-order valence-electron chi connectivity index (χ3n) is 8.54. The first-order valence-electron chi connectivity index (χ1n) is 13.0. The molecule has 1 saturated heterocycles. The Kier molecular flexibility index (Phi) is 5.14. The van der Waals surface area contributed by atoms with Gasteiger partial charge in [0.05, 0.1) is 12.3 Å². The highest BCUT2D eigenvalue weighted by molar-refractivity contribution is 5.93. The minimum Gasteiger partial charge on any atom is -0.478 e. The number of aromatic nitrogens is 3. The van der Waals surface area contributed by atoms with E-state index in [1.165, 1.54) is 57.1 Å². The molecule has 3 heterocycles. The van der Waals surface area contributed by atoms with Crippen molar-refractivity contribution in [2.24, 2.45) is 17.8 Å². The van der Waals surface area contributed by atoms with Crippen molar-refractivity contribution in [1.82, 2.24) is 19.5 Å². The van der Waals surface area contributed by atoms with Crippen LogP contribution < -0.4 is 4.74 Å². The number of carbonyl (C=O) groups excluding carboxylic acids is 1. The first-order chi connectivity index (χ1) is 15.6. The molecule has 4 saturated carbocycles. The zero-order chi connectivity index (χ0) is 21.7. The van der Waals surface area contributed by atoms with Gasteiger partial charge in [-0.25, -0.2) is 4.98 Å². The van der Waals surface area contributed by atoms with Crippen LogP contribution in [0.5, 0.6) is 5.88 Å². The summed E-state index contributed by atoms with van der Waals surface area (Å²) >= 11 is 0. The van der Waals surface area contributed by atoms with E-state index in [9.17, 15) is 4.79 Å². The summed E-state index contributed by atoms with van der Waals surface area (Å²) in [5.74, 6) is 3.38. The van der Waals surface area contributed by atoms with Crippen molar-refractivity contribution in [2.75, 3.05) is 19.7 Å². The quantitative estimate of drug-likeness (QED) is 0.662. The molecule has 5 fully saturated rings. The Bertz CT molecular complexity index is 969. The lowest BCUT2D eigenvalue weighted by Crippen LogP contribution is -2.49. The molecule has 2 aromatic rings. The van der Waals surface area contributed by atoms with E-state index in [-0.39, 0.29) is 11.3 Å². The Morgan fingerprint density at radius 2 is 1.69 bits per heavy atom. The molecule has 1 aliphatic heterocycles. The molecule has 0 unspecified atom stereocenters. The maximum absolute atomic E-state index is 13.2. The van der Waals surface area contributed by atoms with E-state index in [0.717, 1.165) is 61.6 Å². The summed E-state index contributed by atoms with van der Waals surface area (Å²) < 4.78 is 7.94. The number of hydrogen-bond donors (Lipinski definition) is 0. The smallest absolute Gasteiger partial charge is 0.274 e. The van der Waals surface area contributed by atoms with Crippen LogP contribution in [0.15, 0.2) is 12.1 Å². The van der Waals surface area contributed by atoms with Gasteiger partial charge in [-0.1, -0.05) is 19.8 Å². The highest BCUT2D eigenvalue weighted by Gasteiger charge is 2.52. The van der Waals surface area contributed by atoms with Crippen LogP contribution in [0.2, 0.25) is 0 Å². The van der Waals surface area contributed by atoms with Gasteiger partial charge in [-0.3, -0.25) is 4.79 Å². The lowest BCUT2D eigenvalue weighted by molar-refractivity contribution is -0.00728. The van der Waals surface area contributed by atoms with E-state index in [1.54, 1.807) is 4.52 Å². The van der Waals surface area contributed by atoms with Gasteiger partial charge in [0.2, 0.25) is 5.88 Å². The van der Waals surface area contributed by atoms with Gasteiger partial charge in [-0.05, 0) is 75.5 Å². The number of hydrogen-bond acceptors (Lipinski definition) is 4. The number of amides is 1. The number of fused-ring (bicyclic) bond motifs is 1. The van der Waals surface area contributed by atoms with E-state index in [0.29, 0.717) is 12.3 Å². The van der Waals surface area contributed by atoms with Crippen LogP contribution in [0.25, 0.3) is 5.65 Å². The highest BCUT2D eigenvalue weighted by Crippen LogP contribution is 2.60. The summed E-state index contributed by atoms with van der Waals surface area (Å²) in [7, 11) is 0. The van der Waals surface area contributed by atoms with Crippen molar-refractivity contribution in [3.63, 3.8) is 0 Å². The summed E-state index contributed by atoms with van der Waals surface area (Å²) in [6.07, 6.45) is 13.6. The first kappa shape index (κ1) is 20.5. The van der Waals surface area contributed by atoms with E-state index in [1.807, 2.05) is 11.0 Å². The zero-order valence-corrected chi connectivity index (χ0v) is 19.4. The normalized spacial score (nSPS) is 31.8. The topological polar surface area (TPSA) is 59.7 Å². The molecule has 2 aromatic heterocycles. The lowest BCUT2D eigenvalue weighted by Gasteiger charge is -2.56. The van der Waals surface area contributed by atoms with Crippen molar-refractivity contribution in [1.29, 1.82) is 0 Å². The maximum Gasteiger partial charge on any atom is 0.274 e. The fourth-order valence-corrected chi connectivity index (χ4v) is 7.49. The molecule has 5 aliphatic rings. The van der Waals surface area contributed by atoms with Crippen LogP contribution in [0.4, 0.5) is 0 Å². The second kappa shape index (κ2) is 8.03. The lowest BCUT2D eigenvalue weighted by atomic mass is 9.49. The summed E-state index contributed by atoms with van der Waals surface area (Å²) in [5, 5.41) is 4.70. The van der Waals surface area contributed by atoms with Crippen LogP contribution in [0.1, 0.15) is 93.7 Å². The Labute approximate surface area is 190 Å². The van der Waals surface area contributed by atoms with Gasteiger partial charge in [0.1, 0.15) is 0 Å². The molecule has 0 N–H and O–H groups in total. The second-order valence-corrected chi connectivity index (χ2v) is 11.0. The van der Waals surface area contributed by atoms with E-state index < -0.39 is 0 Å². The van der Waals surface area contributed by atoms with Crippen molar-refractivity contribution < 1.29 is 9.53 Å². The van der Waals surface area contributed by atoms with E-state index in [2.05, 4.69) is 13.0 Å². The number of nitrogens with zero attached hydrogens (tertiary/aromatic N) is 4. The molecular weight excluding hydrogens is 400 g/mol. The van der Waals surface area contributed by atoms with Gasteiger partial charge < -0.3 is 9.64 Å². The molecule has 0 spiro atoms. The molecular formula is C26H36N4O2. The SMILES string of the molecule is CCCOc1cc(C23CC4CC(CC(C4)C2)C3)nc2cc(C(=O)N3CCCCCC3)nn12. The fourth-order valence-electron chi connectivity index (χ4n) is 7.49. The summed E-state index contributed by atoms with van der Waals surface area (Å²) in [5.41, 5.74) is 2.65. The third kappa shape index (κ3) is 3.50. The van der Waals surface area contributed by atoms with Crippen LogP contribution >= 0.6 is 0 Å². The van der Waals surface area contributed by atoms with Crippen LogP contribution in [0, 0.1) is 17.8 Å². The Balaban J connectivity index is 1.38. The largest absolute Gasteiger partial charge is 0.478 e. The molecule has 0 atom stereocenters. The predicted molar refractivity (Wildman–Crippen MR) is 123 cm³/mol. The molecule has 6 nitrogen and oxygen atoms in total. The summed E-state index contributed by atoms with van der Waals surface area (Å²) in [6.45, 7) is 4.43. The van der Waals surface area contributed by atoms with Gasteiger partial charge in [-0.15, -0.1) is 0 Å². The molecule has 0 aromatic carbocycles. The average molecular weight is 437 g/mol. The zero-order valence-electron chi connectivity index (χ0n) is 19.4. The predicted octanol–water partition coefficient (Wildman–Crippen LogP) is 5.00. The molecule has 1 amide bonds.